The second-order valence-corrected chi connectivity index (χ2v) is 5.60. The van der Waals surface area contributed by atoms with Crippen molar-refractivity contribution in [1.29, 1.82) is 0 Å². The summed E-state index contributed by atoms with van der Waals surface area (Å²) in [5.41, 5.74) is -0.574. The minimum atomic E-state index is -1.02. The van der Waals surface area contributed by atoms with Crippen LogP contribution < -0.4 is 10.6 Å². The van der Waals surface area contributed by atoms with Crippen molar-refractivity contribution in [2.24, 2.45) is 0 Å². The number of hydrogen-bond acceptors (Lipinski definition) is 5. The van der Waals surface area contributed by atoms with Gasteiger partial charge in [0.25, 0.3) is 0 Å². The van der Waals surface area contributed by atoms with Crippen LogP contribution in [0.2, 0.25) is 0 Å². The van der Waals surface area contributed by atoms with Gasteiger partial charge in [0.2, 0.25) is 0 Å². The standard InChI is InChI=1S/C13H19N3O3S/c1-13(19,5-7-20-2)9-15-11(17)12(18)16-10-4-3-6-14-8-10/h3-4,6,8,19H,5,7,9H2,1-2H3,(H,15,17)(H,16,18). The van der Waals surface area contributed by atoms with Gasteiger partial charge < -0.3 is 15.7 Å². The van der Waals surface area contributed by atoms with Crippen molar-refractivity contribution in [1.82, 2.24) is 10.3 Å². The number of rotatable bonds is 6. The van der Waals surface area contributed by atoms with E-state index in [9.17, 15) is 14.7 Å². The largest absolute Gasteiger partial charge is 0.388 e. The van der Waals surface area contributed by atoms with Crippen LogP contribution in [0, 0.1) is 0 Å². The number of carbonyl (C=O) groups is 2. The van der Waals surface area contributed by atoms with Crippen LogP contribution >= 0.6 is 11.8 Å². The number of anilines is 1. The Kier molecular flexibility index (Phi) is 6.47. The first-order valence-corrected chi connectivity index (χ1v) is 7.54. The molecule has 0 spiro atoms. The van der Waals surface area contributed by atoms with Gasteiger partial charge in [0, 0.05) is 12.7 Å². The first-order valence-electron chi connectivity index (χ1n) is 6.15. The highest BCUT2D eigenvalue weighted by atomic mass is 32.2. The molecule has 1 aromatic heterocycles. The summed E-state index contributed by atoms with van der Waals surface area (Å²) in [5, 5.41) is 14.8. The monoisotopic (exact) mass is 297 g/mol. The maximum atomic E-state index is 11.6. The van der Waals surface area contributed by atoms with E-state index in [0.717, 1.165) is 5.75 Å². The van der Waals surface area contributed by atoms with Gasteiger partial charge in [-0.1, -0.05) is 0 Å². The molecule has 2 amide bonds. The van der Waals surface area contributed by atoms with Crippen molar-refractivity contribution < 1.29 is 14.7 Å². The zero-order valence-corrected chi connectivity index (χ0v) is 12.4. The molecule has 1 aromatic rings. The van der Waals surface area contributed by atoms with Crippen LogP contribution in [0.15, 0.2) is 24.5 Å². The molecule has 0 radical (unpaired) electrons. The smallest absolute Gasteiger partial charge is 0.313 e. The molecule has 7 heteroatoms. The summed E-state index contributed by atoms with van der Waals surface area (Å²) in [7, 11) is 0. The number of carbonyl (C=O) groups excluding carboxylic acids is 2. The first-order chi connectivity index (χ1) is 9.44. The summed E-state index contributed by atoms with van der Waals surface area (Å²) in [5.74, 6) is -0.776. The fraction of sp³-hybridized carbons (Fsp3) is 0.462. The highest BCUT2D eigenvalue weighted by Gasteiger charge is 2.22. The quantitative estimate of drug-likeness (QED) is 0.670. The zero-order chi connectivity index (χ0) is 15.0. The van der Waals surface area contributed by atoms with Crippen LogP contribution in [0.25, 0.3) is 0 Å². The van der Waals surface area contributed by atoms with Gasteiger partial charge in [0.1, 0.15) is 0 Å². The highest BCUT2D eigenvalue weighted by molar-refractivity contribution is 7.98. The molecule has 0 fully saturated rings. The van der Waals surface area contributed by atoms with E-state index in [1.54, 1.807) is 37.0 Å². The van der Waals surface area contributed by atoms with Gasteiger partial charge in [-0.05, 0) is 37.5 Å². The summed E-state index contributed by atoms with van der Waals surface area (Å²) in [4.78, 5) is 27.0. The predicted molar refractivity (Wildman–Crippen MR) is 79.5 cm³/mol. The Morgan fingerprint density at radius 3 is 2.80 bits per heavy atom. The van der Waals surface area contributed by atoms with E-state index in [1.807, 2.05) is 6.26 Å². The van der Waals surface area contributed by atoms with Crippen LogP contribution in [0.5, 0.6) is 0 Å². The molecular weight excluding hydrogens is 278 g/mol. The minimum Gasteiger partial charge on any atom is -0.388 e. The number of aliphatic hydroxyl groups is 1. The van der Waals surface area contributed by atoms with Gasteiger partial charge in [0.15, 0.2) is 0 Å². The Bertz CT molecular complexity index is 451. The second kappa shape index (κ2) is 7.86. The van der Waals surface area contributed by atoms with E-state index in [1.165, 1.54) is 6.20 Å². The maximum absolute atomic E-state index is 11.6. The Balaban J connectivity index is 2.40. The van der Waals surface area contributed by atoms with E-state index in [2.05, 4.69) is 15.6 Å². The average molecular weight is 297 g/mol. The van der Waals surface area contributed by atoms with Gasteiger partial charge in [0.05, 0.1) is 17.5 Å². The molecule has 0 aliphatic heterocycles. The first kappa shape index (κ1) is 16.5. The fourth-order valence-corrected chi connectivity index (χ4v) is 2.03. The van der Waals surface area contributed by atoms with Gasteiger partial charge in [-0.2, -0.15) is 11.8 Å². The van der Waals surface area contributed by atoms with Gasteiger partial charge in [-0.3, -0.25) is 14.6 Å². The molecule has 0 bridgehead atoms. The number of amides is 2. The molecule has 1 rings (SSSR count). The normalized spacial score (nSPS) is 13.3. The topological polar surface area (TPSA) is 91.3 Å². The number of nitrogens with one attached hydrogen (secondary N) is 2. The van der Waals surface area contributed by atoms with E-state index >= 15 is 0 Å². The Morgan fingerprint density at radius 1 is 1.45 bits per heavy atom. The zero-order valence-electron chi connectivity index (χ0n) is 11.5. The van der Waals surface area contributed by atoms with Crippen LogP contribution in [-0.2, 0) is 9.59 Å². The van der Waals surface area contributed by atoms with Crippen molar-refractivity contribution >= 4 is 29.3 Å². The Hall–Kier alpha value is -1.60. The van der Waals surface area contributed by atoms with Gasteiger partial charge in [-0.25, -0.2) is 0 Å². The summed E-state index contributed by atoms with van der Waals surface area (Å²) in [6, 6.07) is 3.29. The second-order valence-electron chi connectivity index (χ2n) is 4.62. The molecule has 110 valence electrons. The molecule has 0 saturated carbocycles. The molecule has 1 heterocycles. The lowest BCUT2D eigenvalue weighted by molar-refractivity contribution is -0.136. The lowest BCUT2D eigenvalue weighted by Crippen LogP contribution is -2.44. The SMILES string of the molecule is CSCCC(C)(O)CNC(=O)C(=O)Nc1cccnc1. The minimum absolute atomic E-state index is 0.0346. The fourth-order valence-electron chi connectivity index (χ4n) is 1.39. The van der Waals surface area contributed by atoms with E-state index in [4.69, 9.17) is 0 Å². The Morgan fingerprint density at radius 2 is 2.20 bits per heavy atom. The highest BCUT2D eigenvalue weighted by Crippen LogP contribution is 2.11. The Labute approximate surface area is 122 Å². The van der Waals surface area contributed by atoms with Crippen LogP contribution in [0.4, 0.5) is 5.69 Å². The van der Waals surface area contributed by atoms with Crippen molar-refractivity contribution in [3.8, 4) is 0 Å². The van der Waals surface area contributed by atoms with E-state index < -0.39 is 17.4 Å². The number of nitrogens with zero attached hydrogens (tertiary/aromatic N) is 1. The molecule has 0 aliphatic carbocycles. The van der Waals surface area contributed by atoms with Gasteiger partial charge in [-0.15, -0.1) is 0 Å². The number of aromatic nitrogens is 1. The molecule has 0 aliphatic rings. The lowest BCUT2D eigenvalue weighted by Gasteiger charge is -2.22. The molecule has 20 heavy (non-hydrogen) atoms. The third-order valence-electron chi connectivity index (χ3n) is 2.60. The molecule has 3 N–H and O–H groups in total. The third kappa shape index (κ3) is 6.03. The van der Waals surface area contributed by atoms with Crippen molar-refractivity contribution in [3.63, 3.8) is 0 Å². The molecule has 6 nitrogen and oxygen atoms in total. The van der Waals surface area contributed by atoms with E-state index in [-0.39, 0.29) is 6.54 Å². The number of thioether (sulfide) groups is 1. The van der Waals surface area contributed by atoms with Crippen LogP contribution in [0.3, 0.4) is 0 Å². The summed E-state index contributed by atoms with van der Waals surface area (Å²) < 4.78 is 0. The number of pyridine rings is 1. The summed E-state index contributed by atoms with van der Waals surface area (Å²) in [6.07, 6.45) is 5.49. The van der Waals surface area contributed by atoms with Crippen LogP contribution in [-0.4, -0.2) is 46.1 Å². The molecule has 1 atom stereocenters. The predicted octanol–water partition coefficient (Wildman–Crippen LogP) is 0.640. The third-order valence-corrected chi connectivity index (χ3v) is 3.21. The number of hydrogen-bond donors (Lipinski definition) is 3. The lowest BCUT2D eigenvalue weighted by atomic mass is 10.0. The maximum Gasteiger partial charge on any atom is 0.313 e. The summed E-state index contributed by atoms with van der Waals surface area (Å²) in [6.45, 7) is 1.66. The molecule has 1 unspecified atom stereocenters. The molecular formula is C13H19N3O3S. The summed E-state index contributed by atoms with van der Waals surface area (Å²) >= 11 is 1.61. The average Bonchev–Trinajstić information content (AvgIpc) is 2.44. The van der Waals surface area contributed by atoms with Crippen molar-refractivity contribution in [3.05, 3.63) is 24.5 Å². The molecule has 0 saturated heterocycles. The van der Waals surface area contributed by atoms with Gasteiger partial charge >= 0.3 is 11.8 Å². The van der Waals surface area contributed by atoms with Crippen molar-refractivity contribution in [2.45, 2.75) is 18.9 Å². The van der Waals surface area contributed by atoms with E-state index in [0.29, 0.717) is 12.1 Å². The van der Waals surface area contributed by atoms with Crippen LogP contribution in [0.1, 0.15) is 13.3 Å². The van der Waals surface area contributed by atoms with Crippen molar-refractivity contribution in [2.75, 3.05) is 23.9 Å². The molecule has 0 aromatic carbocycles.